The van der Waals surface area contributed by atoms with Crippen LogP contribution in [-0.4, -0.2) is 43.3 Å². The summed E-state index contributed by atoms with van der Waals surface area (Å²) in [5, 5.41) is 8.71. The van der Waals surface area contributed by atoms with Crippen LogP contribution in [0.2, 0.25) is 0 Å². The van der Waals surface area contributed by atoms with Crippen molar-refractivity contribution in [2.24, 2.45) is 21.5 Å². The molecular weight excluding hydrogens is 282 g/mol. The van der Waals surface area contributed by atoms with E-state index in [1.807, 2.05) is 12.4 Å². The topological polar surface area (TPSA) is 114 Å². The van der Waals surface area contributed by atoms with E-state index in [2.05, 4.69) is 25.6 Å². The van der Waals surface area contributed by atoms with Crippen molar-refractivity contribution in [3.05, 3.63) is 11.1 Å². The van der Waals surface area contributed by atoms with Gasteiger partial charge in [-0.2, -0.15) is 16.8 Å². The molecule has 7 nitrogen and oxygen atoms in total. The lowest BCUT2D eigenvalue weighted by molar-refractivity contribution is 0.912. The zero-order valence-corrected chi connectivity index (χ0v) is 12.6. The Hall–Kier alpha value is -1.48. The van der Waals surface area contributed by atoms with Gasteiger partial charge in [0, 0.05) is 37.5 Å². The van der Waals surface area contributed by atoms with Crippen LogP contribution in [-0.2, 0) is 5.75 Å². The largest absolute Gasteiger partial charge is 0.370 e. The second kappa shape index (κ2) is 8.59. The predicted molar refractivity (Wildman–Crippen MR) is 84.2 cm³/mol. The molecule has 0 saturated heterocycles. The average Bonchev–Trinajstić information content (AvgIpc) is 2.80. The van der Waals surface area contributed by atoms with Gasteiger partial charge in [0.05, 0.1) is 5.69 Å². The van der Waals surface area contributed by atoms with Gasteiger partial charge in [0.25, 0.3) is 0 Å². The molecule has 106 valence electrons. The molecule has 0 atom stereocenters. The summed E-state index contributed by atoms with van der Waals surface area (Å²) in [6.45, 7) is 0.850. The molecule has 0 aliphatic rings. The third-order valence-corrected chi connectivity index (χ3v) is 3.79. The molecule has 1 rings (SSSR count). The van der Waals surface area contributed by atoms with Crippen LogP contribution in [0.4, 0.5) is 5.13 Å². The number of guanidine groups is 2. The number of nitrogens with one attached hydrogen (secondary N) is 2. The van der Waals surface area contributed by atoms with Gasteiger partial charge in [0.2, 0.25) is 5.13 Å². The lowest BCUT2D eigenvalue weighted by atomic mass is 10.6. The number of rotatable bonds is 6. The average molecular weight is 301 g/mol. The molecule has 0 saturated carbocycles. The number of nitrogens with two attached hydrogens (primary N) is 2. The molecule has 0 amide bonds. The van der Waals surface area contributed by atoms with E-state index in [4.69, 9.17) is 11.5 Å². The fraction of sp³-hybridized carbons (Fsp3) is 0.500. The van der Waals surface area contributed by atoms with Crippen LogP contribution in [0.3, 0.4) is 0 Å². The maximum Gasteiger partial charge on any atom is 0.212 e. The molecular formula is C10H19N7S2. The molecule has 0 aromatic carbocycles. The van der Waals surface area contributed by atoms with Gasteiger partial charge in [-0.1, -0.05) is 0 Å². The van der Waals surface area contributed by atoms with Gasteiger partial charge in [-0.3, -0.25) is 4.99 Å². The van der Waals surface area contributed by atoms with Crippen molar-refractivity contribution >= 4 is 40.1 Å². The van der Waals surface area contributed by atoms with Crippen molar-refractivity contribution in [1.29, 1.82) is 0 Å². The van der Waals surface area contributed by atoms with Crippen molar-refractivity contribution in [3.63, 3.8) is 0 Å². The lowest BCUT2D eigenvalue weighted by Crippen LogP contribution is -2.35. The quantitative estimate of drug-likeness (QED) is 0.336. The molecule has 19 heavy (non-hydrogen) atoms. The van der Waals surface area contributed by atoms with E-state index in [0.29, 0.717) is 5.13 Å². The Balaban J connectivity index is 2.23. The summed E-state index contributed by atoms with van der Waals surface area (Å²) in [4.78, 5) is 12.2. The number of hydrogen-bond donors (Lipinski definition) is 4. The highest BCUT2D eigenvalue weighted by atomic mass is 32.2. The maximum absolute atomic E-state index is 5.29. The highest BCUT2D eigenvalue weighted by Gasteiger charge is 2.01. The van der Waals surface area contributed by atoms with E-state index in [-0.39, 0.29) is 5.96 Å². The minimum atomic E-state index is 0.0381. The molecule has 0 spiro atoms. The zero-order chi connectivity index (χ0) is 14.1. The Labute approximate surface area is 121 Å². The Kier molecular flexibility index (Phi) is 7.04. The van der Waals surface area contributed by atoms with Gasteiger partial charge in [0.15, 0.2) is 11.9 Å². The summed E-state index contributed by atoms with van der Waals surface area (Å²) in [6, 6.07) is 0. The normalized spacial score (nSPS) is 11.2. The Morgan fingerprint density at radius 2 is 2.32 bits per heavy atom. The van der Waals surface area contributed by atoms with Gasteiger partial charge in [-0.05, 0) is 0 Å². The van der Waals surface area contributed by atoms with Crippen LogP contribution < -0.4 is 22.1 Å². The van der Waals surface area contributed by atoms with Gasteiger partial charge < -0.3 is 22.1 Å². The van der Waals surface area contributed by atoms with Crippen LogP contribution in [0.5, 0.6) is 0 Å². The highest BCUT2D eigenvalue weighted by molar-refractivity contribution is 7.98. The molecule has 0 bridgehead atoms. The van der Waals surface area contributed by atoms with Crippen LogP contribution in [0.1, 0.15) is 5.69 Å². The van der Waals surface area contributed by atoms with E-state index in [0.717, 1.165) is 29.7 Å². The van der Waals surface area contributed by atoms with E-state index in [1.165, 1.54) is 11.3 Å². The number of thioether (sulfide) groups is 1. The fourth-order valence-corrected chi connectivity index (χ4v) is 2.78. The van der Waals surface area contributed by atoms with Gasteiger partial charge in [0.1, 0.15) is 0 Å². The molecule has 1 heterocycles. The smallest absolute Gasteiger partial charge is 0.212 e. The van der Waals surface area contributed by atoms with E-state index >= 15 is 0 Å². The minimum absolute atomic E-state index is 0.0381. The van der Waals surface area contributed by atoms with E-state index < -0.39 is 0 Å². The fourth-order valence-electron chi connectivity index (χ4n) is 1.22. The summed E-state index contributed by atoms with van der Waals surface area (Å²) >= 11 is 3.23. The standard InChI is InChI=1S/C10H19N7S2/c1-13-9(14-2)15-3-4-18-5-7-6-19-10(16-7)17-8(11)12/h6H,3-5H2,1-2H3,(H2,13,14,15)(H4,11,12,16,17). The zero-order valence-electron chi connectivity index (χ0n) is 11.0. The molecule has 0 aliphatic carbocycles. The number of aliphatic imine (C=N–C) groups is 2. The second-order valence-electron chi connectivity index (χ2n) is 3.46. The van der Waals surface area contributed by atoms with Gasteiger partial charge in [-0.15, -0.1) is 11.3 Å². The molecule has 0 fully saturated rings. The summed E-state index contributed by atoms with van der Waals surface area (Å²) in [6.07, 6.45) is 0. The number of nitrogens with zero attached hydrogens (tertiary/aromatic N) is 3. The third-order valence-electron chi connectivity index (χ3n) is 2.01. The van der Waals surface area contributed by atoms with Crippen LogP contribution in [0.15, 0.2) is 15.4 Å². The Morgan fingerprint density at radius 1 is 1.53 bits per heavy atom. The van der Waals surface area contributed by atoms with Crippen LogP contribution >= 0.6 is 23.1 Å². The number of thiazole rings is 1. The maximum atomic E-state index is 5.29. The number of aromatic nitrogens is 1. The Bertz CT molecular complexity index is 437. The van der Waals surface area contributed by atoms with Crippen molar-refractivity contribution in [2.75, 3.05) is 26.4 Å². The second-order valence-corrected chi connectivity index (χ2v) is 5.40. The van der Waals surface area contributed by atoms with Crippen LogP contribution in [0, 0.1) is 0 Å². The van der Waals surface area contributed by atoms with Gasteiger partial charge >= 0.3 is 0 Å². The molecule has 0 unspecified atom stereocenters. The molecule has 1 aromatic heterocycles. The van der Waals surface area contributed by atoms with Crippen LogP contribution in [0.25, 0.3) is 0 Å². The lowest BCUT2D eigenvalue weighted by Gasteiger charge is -2.07. The molecule has 1 aromatic rings. The number of hydrogen-bond acceptors (Lipinski definition) is 5. The van der Waals surface area contributed by atoms with Crippen molar-refractivity contribution in [2.45, 2.75) is 5.75 Å². The SMILES string of the molecule is CN=C(NC)NCCSCc1csc(N=C(N)N)n1. The molecule has 0 radical (unpaired) electrons. The first kappa shape index (κ1) is 15.6. The van der Waals surface area contributed by atoms with E-state index in [1.54, 1.807) is 18.8 Å². The predicted octanol–water partition coefficient (Wildman–Crippen LogP) is 0.0760. The minimum Gasteiger partial charge on any atom is -0.370 e. The van der Waals surface area contributed by atoms with Crippen molar-refractivity contribution in [3.8, 4) is 0 Å². The first-order valence-corrected chi connectivity index (χ1v) is 7.69. The summed E-state index contributed by atoms with van der Waals surface area (Å²) in [7, 11) is 3.58. The molecule has 9 heteroatoms. The third kappa shape index (κ3) is 6.30. The summed E-state index contributed by atoms with van der Waals surface area (Å²) in [5.74, 6) is 2.65. The monoisotopic (exact) mass is 301 g/mol. The molecule has 0 aliphatic heterocycles. The Morgan fingerprint density at radius 3 is 2.95 bits per heavy atom. The van der Waals surface area contributed by atoms with Crippen molar-refractivity contribution < 1.29 is 0 Å². The van der Waals surface area contributed by atoms with Gasteiger partial charge in [-0.25, -0.2) is 4.98 Å². The first-order valence-electron chi connectivity index (χ1n) is 5.66. The molecule has 6 N–H and O–H groups in total. The summed E-state index contributed by atoms with van der Waals surface area (Å²) in [5.41, 5.74) is 11.6. The summed E-state index contributed by atoms with van der Waals surface area (Å²) < 4.78 is 0. The van der Waals surface area contributed by atoms with Crippen molar-refractivity contribution in [1.82, 2.24) is 15.6 Å². The van der Waals surface area contributed by atoms with E-state index in [9.17, 15) is 0 Å². The first-order chi connectivity index (χ1) is 9.15. The highest BCUT2D eigenvalue weighted by Crippen LogP contribution is 2.21.